The van der Waals surface area contributed by atoms with E-state index in [9.17, 15) is 0 Å². The fourth-order valence-corrected chi connectivity index (χ4v) is 8.05. The molecule has 10 aromatic rings. The summed E-state index contributed by atoms with van der Waals surface area (Å²) in [6.07, 6.45) is 0. The first-order chi connectivity index (χ1) is 24.8. The molecule has 0 heterocycles. The highest BCUT2D eigenvalue weighted by atomic mass is 14.2. The zero-order valence-electron chi connectivity index (χ0n) is 27.5. The summed E-state index contributed by atoms with van der Waals surface area (Å²) in [5, 5.41) is 12.9. The van der Waals surface area contributed by atoms with Crippen LogP contribution in [0.3, 0.4) is 0 Å². The Hall–Kier alpha value is -6.50. The SMILES string of the molecule is c1ccc(-c2cccc(-c3ccc4c5ccc(-c6cccc(-c7ccccc7)c6)cc5c5c6ccccc6c6ccccc6c5c4c3)c2)cc1. The van der Waals surface area contributed by atoms with Crippen molar-refractivity contribution in [3.8, 4) is 44.5 Å². The molecular weight excluding hydrogens is 601 g/mol. The lowest BCUT2D eigenvalue weighted by Gasteiger charge is -2.18. The number of fused-ring (bicyclic) bond motifs is 11. The summed E-state index contributed by atoms with van der Waals surface area (Å²) in [7, 11) is 0. The van der Waals surface area contributed by atoms with Crippen LogP contribution in [0.25, 0.3) is 98.4 Å². The maximum absolute atomic E-state index is 2.43. The molecule has 0 atom stereocenters. The largest absolute Gasteiger partial charge is 0.0622 e. The van der Waals surface area contributed by atoms with Crippen LogP contribution in [-0.4, -0.2) is 0 Å². The molecule has 0 heteroatoms. The van der Waals surface area contributed by atoms with E-state index in [1.54, 1.807) is 0 Å². The van der Waals surface area contributed by atoms with E-state index in [-0.39, 0.29) is 0 Å². The van der Waals surface area contributed by atoms with Crippen LogP contribution >= 0.6 is 0 Å². The van der Waals surface area contributed by atoms with Gasteiger partial charge in [0, 0.05) is 0 Å². The van der Waals surface area contributed by atoms with Crippen molar-refractivity contribution in [2.75, 3.05) is 0 Å². The average molecular weight is 633 g/mol. The second-order valence-electron chi connectivity index (χ2n) is 13.3. The van der Waals surface area contributed by atoms with Crippen LogP contribution in [0, 0.1) is 0 Å². The molecule has 0 amide bonds. The summed E-state index contributed by atoms with van der Waals surface area (Å²) in [6.45, 7) is 0. The summed E-state index contributed by atoms with van der Waals surface area (Å²) in [5.41, 5.74) is 9.81. The molecule has 50 heavy (non-hydrogen) atoms. The predicted octanol–water partition coefficient (Wildman–Crippen LogP) is 14.1. The Morgan fingerprint density at radius 3 is 0.880 bits per heavy atom. The highest BCUT2D eigenvalue weighted by molar-refractivity contribution is 6.39. The monoisotopic (exact) mass is 632 g/mol. The van der Waals surface area contributed by atoms with Gasteiger partial charge in [-0.05, 0) is 123 Å². The Bertz CT molecular complexity index is 2700. The normalized spacial score (nSPS) is 11.6. The van der Waals surface area contributed by atoms with Gasteiger partial charge in [-0.3, -0.25) is 0 Å². The van der Waals surface area contributed by atoms with E-state index in [1.165, 1.54) is 98.4 Å². The molecule has 232 valence electrons. The molecule has 0 nitrogen and oxygen atoms in total. The van der Waals surface area contributed by atoms with E-state index in [0.29, 0.717) is 0 Å². The smallest absolute Gasteiger partial charge is 0.00137 e. The van der Waals surface area contributed by atoms with Gasteiger partial charge in [0.1, 0.15) is 0 Å². The molecule has 0 bridgehead atoms. The first-order valence-corrected chi connectivity index (χ1v) is 17.3. The lowest BCUT2D eigenvalue weighted by atomic mass is 9.85. The van der Waals surface area contributed by atoms with Crippen molar-refractivity contribution in [2.24, 2.45) is 0 Å². The molecule has 10 aromatic carbocycles. The summed E-state index contributed by atoms with van der Waals surface area (Å²) < 4.78 is 0. The molecular formula is C50H32. The zero-order valence-corrected chi connectivity index (χ0v) is 27.5. The van der Waals surface area contributed by atoms with Crippen molar-refractivity contribution in [1.29, 1.82) is 0 Å². The summed E-state index contributed by atoms with van der Waals surface area (Å²) >= 11 is 0. The van der Waals surface area contributed by atoms with Gasteiger partial charge in [0.15, 0.2) is 0 Å². The van der Waals surface area contributed by atoms with Gasteiger partial charge in [-0.1, -0.05) is 170 Å². The quantitative estimate of drug-likeness (QED) is 0.169. The van der Waals surface area contributed by atoms with Crippen molar-refractivity contribution in [2.45, 2.75) is 0 Å². The van der Waals surface area contributed by atoms with Crippen molar-refractivity contribution in [3.63, 3.8) is 0 Å². The molecule has 0 saturated heterocycles. The van der Waals surface area contributed by atoms with Gasteiger partial charge in [-0.2, -0.15) is 0 Å². The highest BCUT2D eigenvalue weighted by Gasteiger charge is 2.17. The Morgan fingerprint density at radius 1 is 0.160 bits per heavy atom. The molecule has 0 unspecified atom stereocenters. The second-order valence-corrected chi connectivity index (χ2v) is 13.3. The third-order valence-corrected chi connectivity index (χ3v) is 10.4. The minimum absolute atomic E-state index is 1.22. The maximum Gasteiger partial charge on any atom is -0.00137 e. The molecule has 0 radical (unpaired) electrons. The van der Waals surface area contributed by atoms with Crippen molar-refractivity contribution in [3.05, 3.63) is 194 Å². The van der Waals surface area contributed by atoms with Gasteiger partial charge in [0.2, 0.25) is 0 Å². The minimum Gasteiger partial charge on any atom is -0.0622 e. The first-order valence-electron chi connectivity index (χ1n) is 17.3. The molecule has 0 saturated carbocycles. The van der Waals surface area contributed by atoms with Crippen LogP contribution in [0.15, 0.2) is 194 Å². The van der Waals surface area contributed by atoms with Gasteiger partial charge in [-0.15, -0.1) is 0 Å². The van der Waals surface area contributed by atoms with Gasteiger partial charge in [0.25, 0.3) is 0 Å². The fourth-order valence-electron chi connectivity index (χ4n) is 8.05. The van der Waals surface area contributed by atoms with Gasteiger partial charge in [-0.25, -0.2) is 0 Å². The van der Waals surface area contributed by atoms with Gasteiger partial charge < -0.3 is 0 Å². The molecule has 0 aliphatic rings. The predicted molar refractivity (Wildman–Crippen MR) is 216 cm³/mol. The molecule has 0 spiro atoms. The molecule has 0 N–H and O–H groups in total. The van der Waals surface area contributed by atoms with Crippen LogP contribution in [0.2, 0.25) is 0 Å². The molecule has 0 fully saturated rings. The topological polar surface area (TPSA) is 0 Å². The fraction of sp³-hybridized carbons (Fsp3) is 0. The van der Waals surface area contributed by atoms with Gasteiger partial charge >= 0.3 is 0 Å². The number of hydrogen-bond donors (Lipinski definition) is 0. The molecule has 0 aliphatic heterocycles. The molecule has 0 aliphatic carbocycles. The van der Waals surface area contributed by atoms with E-state index in [2.05, 4.69) is 194 Å². The van der Waals surface area contributed by atoms with Crippen LogP contribution in [0.5, 0.6) is 0 Å². The second kappa shape index (κ2) is 11.6. The Kier molecular flexibility index (Phi) is 6.60. The van der Waals surface area contributed by atoms with Crippen LogP contribution in [0.1, 0.15) is 0 Å². The van der Waals surface area contributed by atoms with E-state index >= 15 is 0 Å². The van der Waals surface area contributed by atoms with Crippen LogP contribution in [-0.2, 0) is 0 Å². The summed E-state index contributed by atoms with van der Waals surface area (Å²) in [5.74, 6) is 0. The van der Waals surface area contributed by atoms with Gasteiger partial charge in [0.05, 0.1) is 0 Å². The van der Waals surface area contributed by atoms with Crippen molar-refractivity contribution >= 4 is 53.9 Å². The van der Waals surface area contributed by atoms with E-state index in [4.69, 9.17) is 0 Å². The van der Waals surface area contributed by atoms with E-state index < -0.39 is 0 Å². The lowest BCUT2D eigenvalue weighted by Crippen LogP contribution is -1.90. The number of benzene rings is 10. The summed E-state index contributed by atoms with van der Waals surface area (Å²) in [4.78, 5) is 0. The molecule has 0 aromatic heterocycles. The van der Waals surface area contributed by atoms with Crippen molar-refractivity contribution in [1.82, 2.24) is 0 Å². The van der Waals surface area contributed by atoms with E-state index in [0.717, 1.165) is 0 Å². The van der Waals surface area contributed by atoms with E-state index in [1.807, 2.05) is 0 Å². The lowest BCUT2D eigenvalue weighted by molar-refractivity contribution is 1.60. The number of hydrogen-bond acceptors (Lipinski definition) is 0. The van der Waals surface area contributed by atoms with Crippen LogP contribution < -0.4 is 0 Å². The highest BCUT2D eigenvalue weighted by Crippen LogP contribution is 2.45. The Labute approximate surface area is 291 Å². The third kappa shape index (κ3) is 4.61. The maximum atomic E-state index is 2.43. The summed E-state index contributed by atoms with van der Waals surface area (Å²) in [6, 6.07) is 71.3. The third-order valence-electron chi connectivity index (χ3n) is 10.4. The van der Waals surface area contributed by atoms with Crippen molar-refractivity contribution < 1.29 is 0 Å². The Balaban J connectivity index is 1.28. The molecule has 10 rings (SSSR count). The standard InChI is InChI=1S/C50H32/c1-3-13-33(14-4-1)35-17-11-19-37(29-35)39-25-27-43-44-28-26-40(38-20-12-18-36(30-38)34-15-5-2-6-16-34)32-48(44)50-46-24-10-8-22-42(46)41-21-7-9-23-45(41)49(50)47(43)31-39/h1-32H. The zero-order chi connectivity index (χ0) is 33.0. The minimum atomic E-state index is 1.22. The first kappa shape index (κ1) is 28.5. The Morgan fingerprint density at radius 2 is 0.460 bits per heavy atom. The number of rotatable bonds is 4. The van der Waals surface area contributed by atoms with Crippen LogP contribution in [0.4, 0.5) is 0 Å². The average Bonchev–Trinajstić information content (AvgIpc) is 3.21.